The molecule has 3 aromatic heterocycles. The van der Waals surface area contributed by atoms with Crippen molar-refractivity contribution < 1.29 is 28.5 Å². The fourth-order valence-corrected chi connectivity index (χ4v) is 3.16. The Kier molecular flexibility index (Phi) is 10.1. The lowest BCUT2D eigenvalue weighted by Gasteiger charge is -2.14. The molecule has 36 heavy (non-hydrogen) atoms. The summed E-state index contributed by atoms with van der Waals surface area (Å²) in [6.07, 6.45) is 3.12. The van der Waals surface area contributed by atoms with Crippen LogP contribution in [0.3, 0.4) is 0 Å². The molecule has 0 aromatic carbocycles. The molecule has 3 aromatic rings. The number of anilines is 1. The number of carbonyl (C=O) groups is 2. The van der Waals surface area contributed by atoms with Gasteiger partial charge in [-0.25, -0.2) is 9.67 Å². The van der Waals surface area contributed by atoms with E-state index in [1.54, 1.807) is 31.6 Å². The number of nitrogens with zero attached hydrogens (tertiary/aromatic N) is 4. The molecular weight excluding hydrogens is 468 g/mol. The summed E-state index contributed by atoms with van der Waals surface area (Å²) in [4.78, 5) is 32.4. The molecule has 12 heteroatoms. The van der Waals surface area contributed by atoms with E-state index in [0.29, 0.717) is 69.8 Å². The number of nitrogens with one attached hydrogen (secondary N) is 2. The summed E-state index contributed by atoms with van der Waals surface area (Å²) in [5.74, 6) is -0.0828. The van der Waals surface area contributed by atoms with Gasteiger partial charge in [-0.05, 0) is 12.1 Å². The van der Waals surface area contributed by atoms with Crippen molar-refractivity contribution in [3.8, 4) is 0 Å². The first-order chi connectivity index (χ1) is 17.3. The van der Waals surface area contributed by atoms with Crippen LogP contribution in [0.5, 0.6) is 0 Å². The summed E-state index contributed by atoms with van der Waals surface area (Å²) in [5, 5.41) is 11.4. The van der Waals surface area contributed by atoms with Gasteiger partial charge in [-0.1, -0.05) is 26.0 Å². The molecule has 1 amide bonds. The summed E-state index contributed by atoms with van der Waals surface area (Å²) in [6.45, 7) is 9.46. The van der Waals surface area contributed by atoms with Crippen LogP contribution in [0.1, 0.15) is 41.7 Å². The Bertz CT molecular complexity index is 1140. The minimum Gasteiger partial charge on any atom is -0.382 e. The van der Waals surface area contributed by atoms with Gasteiger partial charge in [0, 0.05) is 17.9 Å². The van der Waals surface area contributed by atoms with E-state index in [9.17, 15) is 9.59 Å². The second kappa shape index (κ2) is 13.2. The Morgan fingerprint density at radius 1 is 1.00 bits per heavy atom. The van der Waals surface area contributed by atoms with Crippen LogP contribution in [0.25, 0.3) is 10.9 Å². The number of pyridine rings is 1. The first kappa shape index (κ1) is 27.4. The van der Waals surface area contributed by atoms with Gasteiger partial charge >= 0.3 is 0 Å². The van der Waals surface area contributed by atoms with E-state index in [-0.39, 0.29) is 11.5 Å². The zero-order valence-electron chi connectivity index (χ0n) is 21.2. The summed E-state index contributed by atoms with van der Waals surface area (Å²) < 4.78 is 22.6. The monoisotopic (exact) mass is 502 g/mol. The number of fused-ring (bicyclic) bond motifs is 1. The largest absolute Gasteiger partial charge is 0.382 e. The maximum atomic E-state index is 12.6. The Balaban J connectivity index is 1.40. The topological polar surface area (TPSA) is 142 Å². The van der Waals surface area contributed by atoms with Crippen LogP contribution in [0, 0.1) is 5.41 Å². The number of hydrogen-bond acceptors (Lipinski definition) is 9. The Hall–Kier alpha value is -3.19. The second-order valence-corrected chi connectivity index (χ2v) is 9.07. The van der Waals surface area contributed by atoms with E-state index in [4.69, 9.17) is 18.9 Å². The first-order valence-electron chi connectivity index (χ1n) is 11.7. The van der Waals surface area contributed by atoms with Gasteiger partial charge in [-0.15, -0.1) is 5.10 Å². The Morgan fingerprint density at radius 2 is 1.67 bits per heavy atom. The van der Waals surface area contributed by atoms with E-state index < -0.39 is 11.3 Å². The van der Waals surface area contributed by atoms with E-state index in [0.717, 1.165) is 5.39 Å². The Morgan fingerprint density at radius 3 is 2.33 bits per heavy atom. The maximum absolute atomic E-state index is 12.6. The van der Waals surface area contributed by atoms with Crippen LogP contribution in [0.15, 0.2) is 24.5 Å². The number of hydrogen-bond donors (Lipinski definition) is 2. The van der Waals surface area contributed by atoms with Gasteiger partial charge < -0.3 is 29.2 Å². The van der Waals surface area contributed by atoms with Crippen molar-refractivity contribution in [2.45, 2.75) is 27.3 Å². The van der Waals surface area contributed by atoms with Crippen LogP contribution in [0.2, 0.25) is 0 Å². The number of H-pyrrole nitrogens is 1. The van der Waals surface area contributed by atoms with E-state index in [2.05, 4.69) is 25.6 Å². The molecule has 3 rings (SSSR count). The number of ether oxygens (including phenoxy) is 4. The lowest BCUT2D eigenvalue weighted by Crippen LogP contribution is -2.20. The molecule has 3 heterocycles. The second-order valence-electron chi connectivity index (χ2n) is 9.07. The lowest BCUT2D eigenvalue weighted by atomic mass is 9.89. The number of Topliss-reactive ketones (excluding diaryl/α,β-unsaturated/α-hetero) is 1. The third kappa shape index (κ3) is 8.19. The normalized spacial score (nSPS) is 11.8. The van der Waals surface area contributed by atoms with Gasteiger partial charge in [0.2, 0.25) is 0 Å². The third-order valence-corrected chi connectivity index (χ3v) is 5.08. The molecule has 0 atom stereocenters. The van der Waals surface area contributed by atoms with Crippen LogP contribution in [-0.4, -0.2) is 90.0 Å². The van der Waals surface area contributed by atoms with Crippen LogP contribution in [-0.2, 0) is 25.5 Å². The summed E-state index contributed by atoms with van der Waals surface area (Å²) >= 11 is 0. The zero-order chi connectivity index (χ0) is 26.0. The molecule has 12 nitrogen and oxygen atoms in total. The van der Waals surface area contributed by atoms with E-state index in [1.807, 2.05) is 20.8 Å². The van der Waals surface area contributed by atoms with Crippen molar-refractivity contribution >= 4 is 28.4 Å². The number of rotatable bonds is 15. The van der Waals surface area contributed by atoms with Crippen LogP contribution >= 0.6 is 0 Å². The fourth-order valence-electron chi connectivity index (χ4n) is 3.16. The Labute approximate surface area is 209 Å². The fraction of sp³-hybridized carbons (Fsp3) is 0.542. The van der Waals surface area contributed by atoms with Crippen LogP contribution in [0.4, 0.5) is 5.82 Å². The summed E-state index contributed by atoms with van der Waals surface area (Å²) in [7, 11) is 1.63. The maximum Gasteiger partial charge on any atom is 0.278 e. The van der Waals surface area contributed by atoms with Gasteiger partial charge in [0.1, 0.15) is 5.82 Å². The molecule has 0 radical (unpaired) electrons. The predicted octanol–water partition coefficient (Wildman–Crippen LogP) is 2.33. The SMILES string of the molecule is COCCOCCOCCOCCn1cc(C(=O)Nc2cc3cc(C(=O)C(C)(C)C)[nH]c3cn2)nn1. The highest BCUT2D eigenvalue weighted by atomic mass is 16.6. The van der Waals surface area contributed by atoms with Gasteiger partial charge in [-0.3, -0.25) is 9.59 Å². The predicted molar refractivity (Wildman–Crippen MR) is 132 cm³/mol. The van der Waals surface area contributed by atoms with Crippen molar-refractivity contribution in [2.24, 2.45) is 5.41 Å². The number of methoxy groups -OCH3 is 1. The molecule has 196 valence electrons. The van der Waals surface area contributed by atoms with Crippen LogP contribution < -0.4 is 5.32 Å². The quantitative estimate of drug-likeness (QED) is 0.236. The van der Waals surface area contributed by atoms with Gasteiger partial charge in [-0.2, -0.15) is 0 Å². The smallest absolute Gasteiger partial charge is 0.278 e. The molecule has 0 aliphatic carbocycles. The average Bonchev–Trinajstić information content (AvgIpc) is 3.48. The highest BCUT2D eigenvalue weighted by molar-refractivity contribution is 6.04. The van der Waals surface area contributed by atoms with Gasteiger partial charge in [0.25, 0.3) is 5.91 Å². The van der Waals surface area contributed by atoms with Crippen molar-refractivity contribution in [1.82, 2.24) is 25.0 Å². The van der Waals surface area contributed by atoms with Crippen molar-refractivity contribution in [3.63, 3.8) is 0 Å². The minimum absolute atomic E-state index is 0.000673. The van der Waals surface area contributed by atoms with Crippen molar-refractivity contribution in [2.75, 3.05) is 58.7 Å². The standard InChI is InChI=1S/C24H34N6O6/c1-24(2,3)22(31)18-13-17-14-21(25-15-19(17)26-18)27-23(32)20-16-30(29-28-20)5-6-34-9-10-36-12-11-35-8-7-33-4/h13-16,26H,5-12H2,1-4H3,(H,25,27,32). The highest BCUT2D eigenvalue weighted by Crippen LogP contribution is 2.24. The first-order valence-corrected chi connectivity index (χ1v) is 11.7. The molecule has 0 bridgehead atoms. The number of aromatic amines is 1. The summed E-state index contributed by atoms with van der Waals surface area (Å²) in [6, 6.07) is 3.47. The van der Waals surface area contributed by atoms with E-state index in [1.165, 1.54) is 4.68 Å². The van der Waals surface area contributed by atoms with Crippen molar-refractivity contribution in [1.29, 1.82) is 0 Å². The molecule has 0 saturated carbocycles. The van der Waals surface area contributed by atoms with Crippen molar-refractivity contribution in [3.05, 3.63) is 35.9 Å². The number of aromatic nitrogens is 5. The number of amides is 1. The molecule has 0 spiro atoms. The summed E-state index contributed by atoms with van der Waals surface area (Å²) in [5.41, 5.74) is 0.875. The zero-order valence-corrected chi connectivity index (χ0v) is 21.2. The highest BCUT2D eigenvalue weighted by Gasteiger charge is 2.24. The van der Waals surface area contributed by atoms with Gasteiger partial charge in [0.05, 0.1) is 76.4 Å². The molecular formula is C24H34N6O6. The average molecular weight is 503 g/mol. The molecule has 2 N–H and O–H groups in total. The molecule has 0 aliphatic heterocycles. The molecule has 0 unspecified atom stereocenters. The molecule has 0 saturated heterocycles. The molecule has 0 aliphatic rings. The van der Waals surface area contributed by atoms with Gasteiger partial charge in [0.15, 0.2) is 11.5 Å². The third-order valence-electron chi connectivity index (χ3n) is 5.08. The lowest BCUT2D eigenvalue weighted by molar-refractivity contribution is 0.00244. The number of carbonyl (C=O) groups excluding carboxylic acids is 2. The molecule has 0 fully saturated rings. The number of ketones is 1. The minimum atomic E-state index is -0.504. The van der Waals surface area contributed by atoms with E-state index >= 15 is 0 Å².